The van der Waals surface area contributed by atoms with Gasteiger partial charge in [-0.1, -0.05) is 164 Å². The predicted molar refractivity (Wildman–Crippen MR) is 223 cm³/mol. The quantitative estimate of drug-likeness (QED) is 0.154. The number of hydrogen-bond acceptors (Lipinski definition) is 7. The number of para-hydroxylation sites is 2. The maximum Gasteiger partial charge on any atom is 0.421 e. The molecule has 58 heavy (non-hydrogen) atoms. The number of nitrogens with zero attached hydrogens (tertiary/aromatic N) is 5. The number of hydrogen-bond donors (Lipinski definition) is 0. The Hall–Kier alpha value is -7.65. The zero-order chi connectivity index (χ0) is 39.3. The molecule has 0 radical (unpaired) electrons. The van der Waals surface area contributed by atoms with Crippen LogP contribution < -0.4 is 9.47 Å². The van der Waals surface area contributed by atoms with Crippen LogP contribution in [0.2, 0.25) is 0 Å². The van der Waals surface area contributed by atoms with Crippen LogP contribution in [0.4, 0.5) is 9.59 Å². The van der Waals surface area contributed by atoms with Crippen molar-refractivity contribution in [3.63, 3.8) is 0 Å². The van der Waals surface area contributed by atoms with Gasteiger partial charge in [0.2, 0.25) is 0 Å². The van der Waals surface area contributed by atoms with Gasteiger partial charge in [-0.2, -0.15) is 0 Å². The Balaban J connectivity index is 1.18. The number of ether oxygens (including phenoxy) is 2. The summed E-state index contributed by atoms with van der Waals surface area (Å²) in [4.78, 5) is 47.9. The van der Waals surface area contributed by atoms with E-state index in [0.29, 0.717) is 34.6 Å². The molecule has 0 N–H and O–H groups in total. The van der Waals surface area contributed by atoms with Crippen molar-refractivity contribution in [1.82, 2.24) is 14.8 Å². The molecule has 282 valence electrons. The van der Waals surface area contributed by atoms with E-state index < -0.39 is 36.4 Å². The second-order valence-electron chi connectivity index (χ2n) is 13.8. The lowest BCUT2D eigenvalue weighted by Crippen LogP contribution is -2.41. The summed E-state index contributed by atoms with van der Waals surface area (Å²) in [6.45, 7) is 0. The van der Waals surface area contributed by atoms with Gasteiger partial charge in [-0.05, 0) is 58.7 Å². The minimum absolute atomic E-state index is 0.321. The van der Waals surface area contributed by atoms with E-state index in [0.717, 1.165) is 22.3 Å². The van der Waals surface area contributed by atoms with Gasteiger partial charge in [0.25, 0.3) is 0 Å². The van der Waals surface area contributed by atoms with Gasteiger partial charge >= 0.3 is 12.2 Å². The summed E-state index contributed by atoms with van der Waals surface area (Å²) in [5.74, 6) is 1.44. The highest BCUT2D eigenvalue weighted by Crippen LogP contribution is 2.45. The van der Waals surface area contributed by atoms with Crippen LogP contribution in [-0.2, 0) is 0 Å². The van der Waals surface area contributed by atoms with Crippen LogP contribution >= 0.6 is 0 Å². The largest absolute Gasteiger partial charge is 0.421 e. The van der Waals surface area contributed by atoms with Crippen molar-refractivity contribution in [3.05, 3.63) is 234 Å². The van der Waals surface area contributed by atoms with E-state index >= 15 is 0 Å². The third-order valence-corrected chi connectivity index (χ3v) is 10.2. The average Bonchev–Trinajstić information content (AvgIpc) is 3.90. The highest BCUT2D eigenvalue weighted by molar-refractivity contribution is 6.10. The fraction of sp³-hybridized carbons (Fsp3) is 0.0816. The van der Waals surface area contributed by atoms with Crippen molar-refractivity contribution < 1.29 is 19.1 Å². The number of aromatic nitrogens is 1. The maximum atomic E-state index is 14.5. The Morgan fingerprint density at radius 2 is 0.690 bits per heavy atom. The zero-order valence-electron chi connectivity index (χ0n) is 31.2. The molecular formula is C49H37N5O4. The van der Waals surface area contributed by atoms with E-state index in [1.54, 1.807) is 34.1 Å². The van der Waals surface area contributed by atoms with E-state index in [1.165, 1.54) is 0 Å². The molecule has 6 aromatic carbocycles. The lowest BCUT2D eigenvalue weighted by atomic mass is 9.94. The number of rotatable bonds is 8. The van der Waals surface area contributed by atoms with E-state index in [-0.39, 0.29) is 0 Å². The molecule has 0 spiro atoms. The number of benzene rings is 6. The molecule has 1 aromatic heterocycles. The summed E-state index contributed by atoms with van der Waals surface area (Å²) in [5, 5.41) is 0. The number of amides is 2. The topological polar surface area (TPSA) is 96.7 Å². The van der Waals surface area contributed by atoms with E-state index in [4.69, 9.17) is 24.4 Å². The molecule has 0 saturated carbocycles. The fourth-order valence-corrected chi connectivity index (χ4v) is 7.59. The summed E-state index contributed by atoms with van der Waals surface area (Å²) < 4.78 is 12.1. The molecule has 0 unspecified atom stereocenters. The minimum atomic E-state index is -0.607. The lowest BCUT2D eigenvalue weighted by molar-refractivity contribution is 0.163. The molecule has 3 heterocycles. The first-order valence-electron chi connectivity index (χ1n) is 19.1. The monoisotopic (exact) mass is 759 g/mol. The molecule has 0 aliphatic carbocycles. The zero-order valence-corrected chi connectivity index (χ0v) is 31.2. The van der Waals surface area contributed by atoms with Crippen LogP contribution in [-0.4, -0.2) is 38.6 Å². The highest BCUT2D eigenvalue weighted by atomic mass is 16.6. The normalized spacial score (nSPS) is 18.6. The van der Waals surface area contributed by atoms with Crippen molar-refractivity contribution in [3.8, 4) is 11.5 Å². The molecule has 0 fully saturated rings. The van der Waals surface area contributed by atoms with Crippen LogP contribution in [0.5, 0.6) is 11.5 Å². The summed E-state index contributed by atoms with van der Waals surface area (Å²) >= 11 is 0. The SMILES string of the molecule is O=C(Oc1ccccc1)N1C(c2cccc(C3=N[C@H](c4ccccc4)[C@@H](c4ccccc4)N3C(=O)Oc3ccccc3)n2)=N[C@H](c2ccccc2)[C@H]1c1ccccc1. The van der Waals surface area contributed by atoms with Gasteiger partial charge in [0.15, 0.2) is 11.7 Å². The Bertz CT molecular complexity index is 2400. The summed E-state index contributed by atoms with van der Waals surface area (Å²) in [6.07, 6.45) is -1.21. The Kier molecular flexibility index (Phi) is 10.1. The Morgan fingerprint density at radius 1 is 0.379 bits per heavy atom. The standard InChI is InChI=1S/C49H37N5O4/c55-48(57-38-28-15-5-16-29-38)53-44(36-24-11-3-12-25-36)42(34-20-7-1-8-21-34)51-46(53)40-32-19-33-41(50-40)47-52-43(35-22-9-2-10-23-35)45(37-26-13-4-14-27-37)54(47)49(56)58-39-30-17-6-18-31-39/h1-33,42-45H/t42-,43-,44-,45-/m1/s1. The third-order valence-electron chi connectivity index (χ3n) is 10.2. The fourth-order valence-electron chi connectivity index (χ4n) is 7.59. The molecule has 2 amide bonds. The van der Waals surface area contributed by atoms with E-state index in [9.17, 15) is 9.59 Å². The smallest absolute Gasteiger partial charge is 0.410 e. The first-order chi connectivity index (χ1) is 28.6. The van der Waals surface area contributed by atoms with Crippen molar-refractivity contribution in [2.75, 3.05) is 0 Å². The van der Waals surface area contributed by atoms with Crippen molar-refractivity contribution in [1.29, 1.82) is 0 Å². The van der Waals surface area contributed by atoms with Gasteiger partial charge < -0.3 is 9.47 Å². The first-order valence-corrected chi connectivity index (χ1v) is 19.1. The molecule has 0 bridgehead atoms. The second kappa shape index (κ2) is 16.2. The van der Waals surface area contributed by atoms with Crippen molar-refractivity contribution >= 4 is 23.9 Å². The Morgan fingerprint density at radius 3 is 1.03 bits per heavy atom. The van der Waals surface area contributed by atoms with Gasteiger partial charge in [0, 0.05) is 0 Å². The van der Waals surface area contributed by atoms with Crippen LogP contribution in [0.1, 0.15) is 57.8 Å². The van der Waals surface area contributed by atoms with Crippen molar-refractivity contribution in [2.24, 2.45) is 9.98 Å². The summed E-state index contributed by atoms with van der Waals surface area (Å²) in [6, 6.07) is 60.7. The van der Waals surface area contributed by atoms with E-state index in [2.05, 4.69) is 0 Å². The molecular weight excluding hydrogens is 723 g/mol. The van der Waals surface area contributed by atoms with Gasteiger partial charge in [0.1, 0.15) is 35.0 Å². The van der Waals surface area contributed by atoms with Crippen LogP contribution in [0.25, 0.3) is 0 Å². The number of carbonyl (C=O) groups is 2. The highest BCUT2D eigenvalue weighted by Gasteiger charge is 2.46. The van der Waals surface area contributed by atoms with Crippen LogP contribution in [0, 0.1) is 0 Å². The summed E-state index contributed by atoms with van der Waals surface area (Å²) in [5.41, 5.74) is 4.41. The number of carbonyl (C=O) groups excluding carboxylic acids is 2. The van der Waals surface area contributed by atoms with Gasteiger partial charge in [-0.15, -0.1) is 0 Å². The number of aliphatic imine (C=N–C) groups is 2. The molecule has 0 saturated heterocycles. The molecule has 9 nitrogen and oxygen atoms in total. The first kappa shape index (κ1) is 36.0. The molecule has 2 aliphatic rings. The van der Waals surface area contributed by atoms with E-state index in [1.807, 2.05) is 176 Å². The second-order valence-corrected chi connectivity index (χ2v) is 13.8. The number of amidine groups is 2. The Labute approximate surface area is 336 Å². The molecule has 2 aliphatic heterocycles. The number of pyridine rings is 1. The molecule has 7 aromatic rings. The van der Waals surface area contributed by atoms with Crippen molar-refractivity contribution in [2.45, 2.75) is 24.2 Å². The lowest BCUT2D eigenvalue weighted by Gasteiger charge is -2.29. The van der Waals surface area contributed by atoms with Gasteiger partial charge in [0.05, 0.1) is 12.1 Å². The molecule has 9 rings (SSSR count). The summed E-state index contributed by atoms with van der Waals surface area (Å²) in [7, 11) is 0. The third kappa shape index (κ3) is 7.24. The molecule has 4 atom stereocenters. The maximum absolute atomic E-state index is 14.5. The minimum Gasteiger partial charge on any atom is -0.410 e. The predicted octanol–water partition coefficient (Wildman–Crippen LogP) is 10.6. The van der Waals surface area contributed by atoms with Gasteiger partial charge in [-0.3, -0.25) is 9.98 Å². The van der Waals surface area contributed by atoms with Crippen LogP contribution in [0.15, 0.2) is 210 Å². The molecule has 9 heteroatoms. The van der Waals surface area contributed by atoms with Crippen LogP contribution in [0.3, 0.4) is 0 Å². The average molecular weight is 760 g/mol. The van der Waals surface area contributed by atoms with Gasteiger partial charge in [-0.25, -0.2) is 24.4 Å².